The van der Waals surface area contributed by atoms with E-state index in [2.05, 4.69) is 28.4 Å². The molecule has 1 fully saturated rings. The largest absolute Gasteiger partial charge is 0.337 e. The van der Waals surface area contributed by atoms with Gasteiger partial charge < -0.3 is 4.57 Å². The van der Waals surface area contributed by atoms with Crippen molar-refractivity contribution in [3.8, 4) is 0 Å². The number of hydrogen-bond acceptors (Lipinski definition) is 2. The van der Waals surface area contributed by atoms with Crippen molar-refractivity contribution in [2.75, 3.05) is 13.1 Å². The predicted octanol–water partition coefficient (Wildman–Crippen LogP) is 1.65. The van der Waals surface area contributed by atoms with Gasteiger partial charge >= 0.3 is 0 Å². The molecule has 78 valence electrons. The molecule has 2 heterocycles. The van der Waals surface area contributed by atoms with Gasteiger partial charge in [0.15, 0.2) is 0 Å². The minimum atomic E-state index is 0.910. The Morgan fingerprint density at radius 1 is 1.43 bits per heavy atom. The van der Waals surface area contributed by atoms with Gasteiger partial charge in [0, 0.05) is 19.4 Å². The highest BCUT2D eigenvalue weighted by atomic mass is 15.2. The van der Waals surface area contributed by atoms with Crippen molar-refractivity contribution in [2.24, 2.45) is 13.0 Å². The van der Waals surface area contributed by atoms with Crippen molar-refractivity contribution >= 4 is 0 Å². The van der Waals surface area contributed by atoms with E-state index in [1.807, 2.05) is 12.4 Å². The molecule has 0 saturated carbocycles. The molecule has 0 aromatic carbocycles. The Labute approximate surface area is 85.7 Å². The Kier molecular flexibility index (Phi) is 2.87. The lowest BCUT2D eigenvalue weighted by Crippen LogP contribution is -2.33. The number of hydrogen-bond donors (Lipinski definition) is 0. The van der Waals surface area contributed by atoms with E-state index < -0.39 is 0 Å². The first-order valence-corrected chi connectivity index (χ1v) is 5.44. The Morgan fingerprint density at radius 3 is 2.71 bits per heavy atom. The van der Waals surface area contributed by atoms with Crippen molar-refractivity contribution in [1.29, 1.82) is 0 Å². The van der Waals surface area contributed by atoms with Crippen LogP contribution in [0.1, 0.15) is 25.6 Å². The first-order valence-electron chi connectivity index (χ1n) is 5.44. The van der Waals surface area contributed by atoms with E-state index in [4.69, 9.17) is 0 Å². The molecule has 14 heavy (non-hydrogen) atoms. The minimum absolute atomic E-state index is 0.910. The highest BCUT2D eigenvalue weighted by molar-refractivity contribution is 4.91. The number of aromatic nitrogens is 2. The quantitative estimate of drug-likeness (QED) is 0.712. The summed E-state index contributed by atoms with van der Waals surface area (Å²) in [6.07, 6.45) is 6.57. The Hall–Kier alpha value is -0.830. The van der Waals surface area contributed by atoms with Crippen LogP contribution < -0.4 is 0 Å². The summed E-state index contributed by atoms with van der Waals surface area (Å²) in [7, 11) is 2.06. The van der Waals surface area contributed by atoms with Crippen molar-refractivity contribution in [1.82, 2.24) is 14.5 Å². The summed E-state index contributed by atoms with van der Waals surface area (Å²) in [4.78, 5) is 6.85. The molecule has 1 aromatic heterocycles. The second-order valence-corrected chi connectivity index (χ2v) is 4.41. The first-order chi connectivity index (χ1) is 6.75. The van der Waals surface area contributed by atoms with Gasteiger partial charge in [0.05, 0.1) is 6.54 Å². The SMILES string of the molecule is CC1CCN(Cc2nccn2C)CC1. The van der Waals surface area contributed by atoms with Gasteiger partial charge in [-0.1, -0.05) is 6.92 Å². The van der Waals surface area contributed by atoms with Gasteiger partial charge in [0.2, 0.25) is 0 Å². The van der Waals surface area contributed by atoms with Crippen molar-refractivity contribution in [3.63, 3.8) is 0 Å². The smallest absolute Gasteiger partial charge is 0.122 e. The van der Waals surface area contributed by atoms with Crippen LogP contribution in [0.5, 0.6) is 0 Å². The molecule has 3 nitrogen and oxygen atoms in total. The summed E-state index contributed by atoms with van der Waals surface area (Å²) < 4.78 is 2.11. The monoisotopic (exact) mass is 193 g/mol. The molecule has 2 rings (SSSR count). The second-order valence-electron chi connectivity index (χ2n) is 4.41. The fourth-order valence-corrected chi connectivity index (χ4v) is 1.97. The second kappa shape index (κ2) is 4.13. The van der Waals surface area contributed by atoms with Gasteiger partial charge in [-0.3, -0.25) is 4.90 Å². The van der Waals surface area contributed by atoms with E-state index in [-0.39, 0.29) is 0 Å². The summed E-state index contributed by atoms with van der Waals surface area (Å²) in [5.41, 5.74) is 0. The van der Waals surface area contributed by atoms with Gasteiger partial charge in [-0.25, -0.2) is 4.98 Å². The van der Waals surface area contributed by atoms with Crippen LogP contribution in [0, 0.1) is 5.92 Å². The first kappa shape index (κ1) is 9.71. The van der Waals surface area contributed by atoms with Crippen molar-refractivity contribution < 1.29 is 0 Å². The van der Waals surface area contributed by atoms with Crippen LogP contribution in [-0.2, 0) is 13.6 Å². The minimum Gasteiger partial charge on any atom is -0.337 e. The number of aryl methyl sites for hydroxylation is 1. The number of likely N-dealkylation sites (tertiary alicyclic amines) is 1. The van der Waals surface area contributed by atoms with Gasteiger partial charge in [-0.15, -0.1) is 0 Å². The maximum Gasteiger partial charge on any atom is 0.122 e. The fraction of sp³-hybridized carbons (Fsp3) is 0.727. The molecule has 0 N–H and O–H groups in total. The van der Waals surface area contributed by atoms with E-state index in [9.17, 15) is 0 Å². The predicted molar refractivity (Wildman–Crippen MR) is 56.9 cm³/mol. The molecule has 1 saturated heterocycles. The normalized spacial score (nSPS) is 20.1. The number of nitrogens with zero attached hydrogens (tertiary/aromatic N) is 3. The van der Waals surface area contributed by atoms with Crippen LogP contribution in [0.4, 0.5) is 0 Å². The lowest BCUT2D eigenvalue weighted by molar-refractivity contribution is 0.180. The summed E-state index contributed by atoms with van der Waals surface area (Å²) in [6.45, 7) is 5.82. The molecule has 0 spiro atoms. The molecule has 0 atom stereocenters. The van der Waals surface area contributed by atoms with Gasteiger partial charge in [-0.2, -0.15) is 0 Å². The van der Waals surface area contributed by atoms with Crippen LogP contribution in [0.15, 0.2) is 12.4 Å². The molecule has 0 radical (unpaired) electrons. The van der Waals surface area contributed by atoms with E-state index in [1.54, 1.807) is 0 Å². The molecular weight excluding hydrogens is 174 g/mol. The van der Waals surface area contributed by atoms with Crippen molar-refractivity contribution in [3.05, 3.63) is 18.2 Å². The highest BCUT2D eigenvalue weighted by Crippen LogP contribution is 2.17. The van der Waals surface area contributed by atoms with Crippen LogP contribution in [0.25, 0.3) is 0 Å². The maximum absolute atomic E-state index is 4.35. The van der Waals surface area contributed by atoms with E-state index in [0.717, 1.165) is 12.5 Å². The molecule has 3 heteroatoms. The van der Waals surface area contributed by atoms with E-state index in [0.29, 0.717) is 0 Å². The van der Waals surface area contributed by atoms with Gasteiger partial charge in [0.25, 0.3) is 0 Å². The zero-order valence-corrected chi connectivity index (χ0v) is 9.11. The summed E-state index contributed by atoms with van der Waals surface area (Å²) in [5, 5.41) is 0. The highest BCUT2D eigenvalue weighted by Gasteiger charge is 2.16. The summed E-state index contributed by atoms with van der Waals surface area (Å²) >= 11 is 0. The summed E-state index contributed by atoms with van der Waals surface area (Å²) in [6, 6.07) is 0. The number of imidazole rings is 1. The molecule has 0 bridgehead atoms. The Bertz CT molecular complexity index is 284. The Balaban J connectivity index is 1.89. The third-order valence-electron chi connectivity index (χ3n) is 3.16. The third kappa shape index (κ3) is 2.15. The van der Waals surface area contributed by atoms with E-state index >= 15 is 0 Å². The maximum atomic E-state index is 4.35. The van der Waals surface area contributed by atoms with Crippen LogP contribution in [0.2, 0.25) is 0 Å². The zero-order chi connectivity index (χ0) is 9.97. The van der Waals surface area contributed by atoms with E-state index in [1.165, 1.54) is 31.8 Å². The molecule has 1 aliphatic heterocycles. The molecule has 0 aliphatic carbocycles. The Morgan fingerprint density at radius 2 is 2.14 bits per heavy atom. The van der Waals surface area contributed by atoms with Crippen molar-refractivity contribution in [2.45, 2.75) is 26.3 Å². The average molecular weight is 193 g/mol. The number of piperidine rings is 1. The van der Waals surface area contributed by atoms with Crippen LogP contribution >= 0.6 is 0 Å². The third-order valence-corrected chi connectivity index (χ3v) is 3.16. The molecule has 1 aliphatic rings. The van der Waals surface area contributed by atoms with Crippen LogP contribution in [0.3, 0.4) is 0 Å². The lowest BCUT2D eigenvalue weighted by atomic mass is 9.99. The molecule has 1 aromatic rings. The average Bonchev–Trinajstić information content (AvgIpc) is 2.56. The molecular formula is C11H19N3. The molecule has 0 unspecified atom stereocenters. The molecule has 0 amide bonds. The fourth-order valence-electron chi connectivity index (χ4n) is 1.97. The zero-order valence-electron chi connectivity index (χ0n) is 9.11. The van der Waals surface area contributed by atoms with Gasteiger partial charge in [0.1, 0.15) is 5.82 Å². The lowest BCUT2D eigenvalue weighted by Gasteiger charge is -2.29. The standard InChI is InChI=1S/C11H19N3/c1-10-3-6-14(7-4-10)9-11-12-5-8-13(11)2/h5,8,10H,3-4,6-7,9H2,1-2H3. The summed E-state index contributed by atoms with van der Waals surface area (Å²) in [5.74, 6) is 2.09. The van der Waals surface area contributed by atoms with Gasteiger partial charge in [-0.05, 0) is 31.8 Å². The number of rotatable bonds is 2. The topological polar surface area (TPSA) is 21.1 Å². The van der Waals surface area contributed by atoms with Crippen LogP contribution in [-0.4, -0.2) is 27.5 Å².